The van der Waals surface area contributed by atoms with Gasteiger partial charge in [-0.2, -0.15) is 9.45 Å². The molecule has 2 amide bonds. The van der Waals surface area contributed by atoms with Crippen molar-refractivity contribution in [2.45, 2.75) is 29.7 Å². The number of amides is 2. The molecule has 5 rings (SSSR count). The Kier molecular flexibility index (Phi) is 16.8. The van der Waals surface area contributed by atoms with Gasteiger partial charge in [-0.3, -0.25) is 19.4 Å². The fourth-order valence-electron chi connectivity index (χ4n) is 4.98. The molecule has 0 bridgehead atoms. The summed E-state index contributed by atoms with van der Waals surface area (Å²) in [4.78, 5) is 38.2. The molecule has 3 N–H and O–H groups in total. The van der Waals surface area contributed by atoms with Crippen molar-refractivity contribution >= 4 is 73.3 Å². The van der Waals surface area contributed by atoms with E-state index in [2.05, 4.69) is 30.2 Å². The number of fused-ring (bicyclic) bond motifs is 1. The second kappa shape index (κ2) is 20.3. The third kappa shape index (κ3) is 11.6. The average molecular weight is 807 g/mol. The van der Waals surface area contributed by atoms with Gasteiger partial charge < -0.3 is 35.0 Å². The van der Waals surface area contributed by atoms with Crippen molar-refractivity contribution in [2.24, 2.45) is 10.2 Å². The summed E-state index contributed by atoms with van der Waals surface area (Å²) in [6.45, 7) is 2.99. The summed E-state index contributed by atoms with van der Waals surface area (Å²) in [5.74, 6) is -2.16. The number of carbonyl (C=O) groups is 3. The second-order valence-corrected chi connectivity index (χ2v) is 13.2. The first-order valence-electron chi connectivity index (χ1n) is 15.2. The molecule has 0 saturated heterocycles. The molecule has 274 valence electrons. The molecule has 0 spiro atoms. The Morgan fingerprint density at radius 3 is 2.18 bits per heavy atom. The number of ketones is 1. The SMILES string of the molecule is COc1ccccc1NC(=O)C(Oc1ccc(N=Nc2c(SOO[O-])cc3cc(S(=O)(=O)[O-])cc(NC(C)=O)c3c2O)cc1)C(=O)c1ccc(C)cc1.[Na+].[Na+]. The van der Waals surface area contributed by atoms with Crippen LogP contribution in [0.4, 0.5) is 22.7 Å². The van der Waals surface area contributed by atoms with Gasteiger partial charge in [0, 0.05) is 17.9 Å². The number of hydrogen-bond acceptors (Lipinski definition) is 15. The summed E-state index contributed by atoms with van der Waals surface area (Å²) in [6, 6.07) is 22.1. The number of methoxy groups -OCH3 is 1. The summed E-state index contributed by atoms with van der Waals surface area (Å²) in [5, 5.41) is 38.4. The molecule has 0 heterocycles. The first kappa shape index (κ1) is 45.5. The third-order valence-electron chi connectivity index (χ3n) is 7.41. The quantitative estimate of drug-likeness (QED) is 0.0190. The number of rotatable bonds is 14. The van der Waals surface area contributed by atoms with Crippen LogP contribution in [0.3, 0.4) is 0 Å². The summed E-state index contributed by atoms with van der Waals surface area (Å²) in [7, 11) is -3.56. The number of azo groups is 1. The summed E-state index contributed by atoms with van der Waals surface area (Å²) in [5.41, 5.74) is 1.14. The topological polar surface area (TPSA) is 237 Å². The number of aromatic hydroxyl groups is 1. The normalized spacial score (nSPS) is 11.6. The van der Waals surface area contributed by atoms with Crippen LogP contribution in [-0.2, 0) is 29.1 Å². The molecule has 0 aliphatic rings. The third-order valence-corrected chi connectivity index (χ3v) is 8.84. The number of nitrogens with one attached hydrogen (secondary N) is 2. The van der Waals surface area contributed by atoms with E-state index in [9.17, 15) is 37.7 Å². The van der Waals surface area contributed by atoms with Gasteiger partial charge >= 0.3 is 59.1 Å². The average Bonchev–Trinajstić information content (AvgIpc) is 3.12. The minimum atomic E-state index is -5.00. The number of Topliss-reactive ketones (excluding diaryl/α,β-unsaturated/α-hetero) is 1. The van der Waals surface area contributed by atoms with Crippen molar-refractivity contribution in [3.63, 3.8) is 0 Å². The van der Waals surface area contributed by atoms with Crippen LogP contribution < -0.4 is 84.5 Å². The molecule has 16 nitrogen and oxygen atoms in total. The molecule has 0 aliphatic carbocycles. The Bertz CT molecular complexity index is 2330. The Morgan fingerprint density at radius 2 is 1.56 bits per heavy atom. The molecule has 1 unspecified atom stereocenters. The molecular formula is C35H28N4Na2O12S2. The van der Waals surface area contributed by atoms with E-state index in [0.29, 0.717) is 23.5 Å². The number of carbonyl (C=O) groups excluding carboxylic acids is 3. The Morgan fingerprint density at radius 1 is 0.891 bits per heavy atom. The molecule has 5 aromatic carbocycles. The van der Waals surface area contributed by atoms with Gasteiger partial charge in [-0.05, 0) is 66.9 Å². The number of phenolic OH excluding ortho intramolecular Hbond substituents is 1. The van der Waals surface area contributed by atoms with Gasteiger partial charge in [0.1, 0.15) is 27.3 Å². The molecule has 5 aromatic rings. The number of benzene rings is 5. The number of para-hydroxylation sites is 2. The second-order valence-electron chi connectivity index (χ2n) is 11.1. The van der Waals surface area contributed by atoms with E-state index in [1.807, 2.05) is 6.92 Å². The number of ether oxygens (including phenoxy) is 2. The van der Waals surface area contributed by atoms with E-state index in [1.165, 1.54) is 37.4 Å². The molecule has 0 fully saturated rings. The van der Waals surface area contributed by atoms with Crippen molar-refractivity contribution in [1.29, 1.82) is 0 Å². The van der Waals surface area contributed by atoms with Crippen molar-refractivity contribution in [1.82, 2.24) is 0 Å². The number of nitrogens with zero attached hydrogens (tertiary/aromatic N) is 2. The predicted molar refractivity (Wildman–Crippen MR) is 188 cm³/mol. The van der Waals surface area contributed by atoms with Gasteiger partial charge in [-0.1, -0.05) is 42.0 Å². The van der Waals surface area contributed by atoms with Gasteiger partial charge in [0.15, 0.2) is 5.75 Å². The van der Waals surface area contributed by atoms with Crippen molar-refractivity contribution in [3.8, 4) is 17.2 Å². The maximum atomic E-state index is 13.6. The molecule has 0 aliphatic heterocycles. The van der Waals surface area contributed by atoms with Crippen molar-refractivity contribution in [3.05, 3.63) is 102 Å². The largest absolute Gasteiger partial charge is 1.00 e. The number of aryl methyl sites for hydroxylation is 1. The minimum absolute atomic E-state index is 0. The molecule has 0 aromatic heterocycles. The molecule has 55 heavy (non-hydrogen) atoms. The number of anilines is 2. The van der Waals surface area contributed by atoms with Crippen LogP contribution >= 0.6 is 12.0 Å². The summed E-state index contributed by atoms with van der Waals surface area (Å²) in [6.07, 6.45) is -1.62. The predicted octanol–water partition coefficient (Wildman–Crippen LogP) is -0.352. The number of phenols is 1. The Balaban J connectivity index is 0.00000406. The fourth-order valence-corrected chi connectivity index (χ4v) is 6.01. The van der Waals surface area contributed by atoms with E-state index in [1.54, 1.807) is 48.5 Å². The minimum Gasteiger partial charge on any atom is -0.744 e. The zero-order chi connectivity index (χ0) is 38.3. The van der Waals surface area contributed by atoms with Gasteiger partial charge in [0.05, 0.1) is 46.0 Å². The standard InChI is InChI=1S/C35H30N4O12S2.2Na/c1-19-8-10-21(11-9-19)32(41)34(35(43)37-26-6-4-5-7-28(26)48-3)49-24-14-12-23(13-15-24)38-39-31-29(52-51-50-44)17-22-16-25(53(45,46)47)18-27(36-20(2)40)30(22)33(31)42;;/h4-18,34,42,44H,1-3H3,(H,36,40)(H,37,43)(H,45,46,47);;/q;2*+1/p-2. The van der Waals surface area contributed by atoms with Crippen molar-refractivity contribution in [2.75, 3.05) is 17.7 Å². The van der Waals surface area contributed by atoms with E-state index < -0.39 is 44.5 Å². The molecule has 1 atom stereocenters. The smallest absolute Gasteiger partial charge is 0.744 e. The maximum Gasteiger partial charge on any atom is 1.00 e. The fraction of sp³-hybridized carbons (Fsp3) is 0.114. The number of hydrogen-bond donors (Lipinski definition) is 3. The van der Waals surface area contributed by atoms with Crippen LogP contribution in [0, 0.1) is 6.92 Å². The zero-order valence-corrected chi connectivity index (χ0v) is 35.5. The first-order chi connectivity index (χ1) is 25.3. The molecular weight excluding hydrogens is 779 g/mol. The zero-order valence-electron chi connectivity index (χ0n) is 29.9. The molecule has 0 saturated carbocycles. The summed E-state index contributed by atoms with van der Waals surface area (Å²) < 4.78 is 51.0. The van der Waals surface area contributed by atoms with E-state index in [-0.39, 0.29) is 103 Å². The first-order valence-corrected chi connectivity index (χ1v) is 17.4. The Labute approximate surface area is 363 Å². The van der Waals surface area contributed by atoms with Crippen molar-refractivity contribution < 1.29 is 116 Å². The van der Waals surface area contributed by atoms with E-state index in [0.717, 1.165) is 24.6 Å². The van der Waals surface area contributed by atoms with Crippen LogP contribution in [-0.4, -0.2) is 48.9 Å². The summed E-state index contributed by atoms with van der Waals surface area (Å²) >= 11 is 0.299. The van der Waals surface area contributed by atoms with Gasteiger partial charge in [-0.25, -0.2) is 8.42 Å². The molecule has 0 radical (unpaired) electrons. The van der Waals surface area contributed by atoms with Crippen LogP contribution in [0.5, 0.6) is 17.2 Å². The molecule has 20 heteroatoms. The van der Waals surface area contributed by atoms with E-state index in [4.69, 9.17) is 9.47 Å². The van der Waals surface area contributed by atoms with Gasteiger partial charge in [0.25, 0.3) is 5.91 Å². The van der Waals surface area contributed by atoms with Crippen LogP contribution in [0.2, 0.25) is 0 Å². The van der Waals surface area contributed by atoms with Gasteiger partial charge in [0.2, 0.25) is 17.8 Å². The Hall–Kier alpha value is -3.89. The van der Waals surface area contributed by atoms with E-state index >= 15 is 0 Å². The van der Waals surface area contributed by atoms with Crippen LogP contribution in [0.1, 0.15) is 22.8 Å². The van der Waals surface area contributed by atoms with Crippen LogP contribution in [0.15, 0.2) is 111 Å². The van der Waals surface area contributed by atoms with Gasteiger partial charge in [-0.15, -0.1) is 5.11 Å². The monoisotopic (exact) mass is 806 g/mol. The van der Waals surface area contributed by atoms with Crippen LogP contribution in [0.25, 0.3) is 10.8 Å². The maximum absolute atomic E-state index is 13.6.